The topological polar surface area (TPSA) is 70.2 Å². The van der Waals surface area contributed by atoms with Crippen molar-refractivity contribution >= 4 is 11.8 Å². The quantitative estimate of drug-likeness (QED) is 0.637. The number of amides is 2. The van der Waals surface area contributed by atoms with Crippen LogP contribution in [0.15, 0.2) is 0 Å². The highest BCUT2D eigenvalue weighted by molar-refractivity contribution is 5.88. The van der Waals surface area contributed by atoms with E-state index in [9.17, 15) is 9.59 Å². The van der Waals surface area contributed by atoms with Crippen LogP contribution < -0.4 is 16.0 Å². The van der Waals surface area contributed by atoms with Gasteiger partial charge >= 0.3 is 0 Å². The van der Waals surface area contributed by atoms with E-state index in [4.69, 9.17) is 0 Å². The van der Waals surface area contributed by atoms with Gasteiger partial charge in [-0.2, -0.15) is 0 Å². The van der Waals surface area contributed by atoms with Crippen LogP contribution in [-0.2, 0) is 9.59 Å². The zero-order chi connectivity index (χ0) is 12.1. The number of carbonyl (C=O) groups excluding carboxylic acids is 2. The summed E-state index contributed by atoms with van der Waals surface area (Å²) in [5.41, 5.74) is 0. The SMILES string of the molecule is O=C(CC1CCCNC1)NC1CCCNC1=O. The van der Waals surface area contributed by atoms with Gasteiger partial charge in [0.15, 0.2) is 0 Å². The maximum Gasteiger partial charge on any atom is 0.242 e. The number of piperidine rings is 2. The molecule has 2 rings (SSSR count). The predicted octanol–water partition coefficient (Wildman–Crippen LogP) is -0.229. The third-order valence-electron chi connectivity index (χ3n) is 3.49. The largest absolute Gasteiger partial charge is 0.354 e. The van der Waals surface area contributed by atoms with Crippen LogP contribution in [0.25, 0.3) is 0 Å². The van der Waals surface area contributed by atoms with Crippen LogP contribution in [0, 0.1) is 5.92 Å². The van der Waals surface area contributed by atoms with Gasteiger partial charge in [0.05, 0.1) is 0 Å². The molecule has 0 bridgehead atoms. The predicted molar refractivity (Wildman–Crippen MR) is 64.4 cm³/mol. The minimum atomic E-state index is -0.312. The van der Waals surface area contributed by atoms with Gasteiger partial charge < -0.3 is 16.0 Å². The Morgan fingerprint density at radius 1 is 1.29 bits per heavy atom. The van der Waals surface area contributed by atoms with Crippen molar-refractivity contribution in [2.24, 2.45) is 5.92 Å². The van der Waals surface area contributed by atoms with E-state index in [0.29, 0.717) is 12.3 Å². The molecule has 2 unspecified atom stereocenters. The number of hydrogen-bond acceptors (Lipinski definition) is 3. The lowest BCUT2D eigenvalue weighted by molar-refractivity contribution is -0.130. The van der Waals surface area contributed by atoms with E-state index in [1.54, 1.807) is 0 Å². The van der Waals surface area contributed by atoms with Crippen molar-refractivity contribution in [3.63, 3.8) is 0 Å². The first-order valence-corrected chi connectivity index (χ1v) is 6.53. The third-order valence-corrected chi connectivity index (χ3v) is 3.49. The van der Waals surface area contributed by atoms with Gasteiger partial charge in [-0.3, -0.25) is 9.59 Å². The molecule has 2 atom stereocenters. The highest BCUT2D eigenvalue weighted by Gasteiger charge is 2.25. The van der Waals surface area contributed by atoms with Crippen molar-refractivity contribution in [1.29, 1.82) is 0 Å². The average Bonchev–Trinajstić information content (AvgIpc) is 2.33. The summed E-state index contributed by atoms with van der Waals surface area (Å²) in [6, 6.07) is -0.312. The van der Waals surface area contributed by atoms with Crippen molar-refractivity contribution in [3.05, 3.63) is 0 Å². The molecule has 0 aromatic heterocycles. The Morgan fingerprint density at radius 3 is 2.82 bits per heavy atom. The molecule has 0 aliphatic carbocycles. The van der Waals surface area contributed by atoms with Crippen molar-refractivity contribution < 1.29 is 9.59 Å². The van der Waals surface area contributed by atoms with Crippen molar-refractivity contribution in [2.45, 2.75) is 38.1 Å². The molecule has 17 heavy (non-hydrogen) atoms. The van der Waals surface area contributed by atoms with Crippen LogP contribution in [-0.4, -0.2) is 37.5 Å². The maximum atomic E-state index is 11.8. The molecule has 2 aliphatic rings. The van der Waals surface area contributed by atoms with Crippen LogP contribution in [0.3, 0.4) is 0 Å². The van der Waals surface area contributed by atoms with Crippen LogP contribution in [0.1, 0.15) is 32.1 Å². The van der Waals surface area contributed by atoms with Crippen LogP contribution in [0.2, 0.25) is 0 Å². The molecule has 5 nitrogen and oxygen atoms in total. The van der Waals surface area contributed by atoms with Crippen LogP contribution in [0.4, 0.5) is 0 Å². The molecular formula is C12H21N3O2. The fourth-order valence-electron chi connectivity index (χ4n) is 2.52. The zero-order valence-corrected chi connectivity index (χ0v) is 10.1. The zero-order valence-electron chi connectivity index (χ0n) is 10.1. The normalized spacial score (nSPS) is 29.5. The second kappa shape index (κ2) is 6.00. The Labute approximate surface area is 102 Å². The number of carbonyl (C=O) groups is 2. The molecule has 96 valence electrons. The average molecular weight is 239 g/mol. The van der Waals surface area contributed by atoms with E-state index in [-0.39, 0.29) is 17.9 Å². The van der Waals surface area contributed by atoms with Gasteiger partial charge in [0.1, 0.15) is 6.04 Å². The Kier molecular flexibility index (Phi) is 4.36. The van der Waals surface area contributed by atoms with Gasteiger partial charge in [0.2, 0.25) is 11.8 Å². The van der Waals surface area contributed by atoms with Gasteiger partial charge in [-0.25, -0.2) is 0 Å². The van der Waals surface area contributed by atoms with E-state index >= 15 is 0 Å². The van der Waals surface area contributed by atoms with E-state index in [0.717, 1.165) is 45.3 Å². The molecule has 0 aromatic rings. The molecule has 0 aromatic carbocycles. The Bertz CT molecular complexity index is 287. The monoisotopic (exact) mass is 239 g/mol. The molecule has 2 heterocycles. The maximum absolute atomic E-state index is 11.8. The molecule has 0 radical (unpaired) electrons. The first-order chi connectivity index (χ1) is 8.25. The minimum Gasteiger partial charge on any atom is -0.354 e. The summed E-state index contributed by atoms with van der Waals surface area (Å²) < 4.78 is 0. The fraction of sp³-hybridized carbons (Fsp3) is 0.833. The summed E-state index contributed by atoms with van der Waals surface area (Å²) >= 11 is 0. The van der Waals surface area contributed by atoms with Gasteiger partial charge in [-0.05, 0) is 44.7 Å². The van der Waals surface area contributed by atoms with E-state index < -0.39 is 0 Å². The summed E-state index contributed by atoms with van der Waals surface area (Å²) in [4.78, 5) is 23.3. The van der Waals surface area contributed by atoms with Gasteiger partial charge in [-0.1, -0.05) is 0 Å². The molecule has 0 saturated carbocycles. The second-order valence-corrected chi connectivity index (χ2v) is 4.97. The smallest absolute Gasteiger partial charge is 0.242 e. The third kappa shape index (κ3) is 3.70. The van der Waals surface area contributed by atoms with Gasteiger partial charge in [0.25, 0.3) is 0 Å². The fourth-order valence-corrected chi connectivity index (χ4v) is 2.52. The number of nitrogens with one attached hydrogen (secondary N) is 3. The van der Waals surface area contributed by atoms with Crippen molar-refractivity contribution in [2.75, 3.05) is 19.6 Å². The molecule has 2 amide bonds. The Balaban J connectivity index is 1.74. The first-order valence-electron chi connectivity index (χ1n) is 6.53. The van der Waals surface area contributed by atoms with Gasteiger partial charge in [0, 0.05) is 13.0 Å². The van der Waals surface area contributed by atoms with E-state index in [1.807, 2.05) is 0 Å². The molecule has 2 fully saturated rings. The van der Waals surface area contributed by atoms with Crippen molar-refractivity contribution in [3.8, 4) is 0 Å². The molecular weight excluding hydrogens is 218 g/mol. The second-order valence-electron chi connectivity index (χ2n) is 4.97. The summed E-state index contributed by atoms with van der Waals surface area (Å²) in [5, 5.41) is 8.91. The molecule has 2 saturated heterocycles. The molecule has 2 aliphatic heterocycles. The van der Waals surface area contributed by atoms with Crippen LogP contribution >= 0.6 is 0 Å². The van der Waals surface area contributed by atoms with Crippen LogP contribution in [0.5, 0.6) is 0 Å². The lowest BCUT2D eigenvalue weighted by atomic mass is 9.95. The Hall–Kier alpha value is -1.10. The van der Waals surface area contributed by atoms with E-state index in [2.05, 4.69) is 16.0 Å². The molecule has 0 spiro atoms. The lowest BCUT2D eigenvalue weighted by Gasteiger charge is -2.25. The van der Waals surface area contributed by atoms with Gasteiger partial charge in [-0.15, -0.1) is 0 Å². The number of rotatable bonds is 3. The summed E-state index contributed by atoms with van der Waals surface area (Å²) in [6.45, 7) is 2.71. The summed E-state index contributed by atoms with van der Waals surface area (Å²) in [6.07, 6.45) is 4.50. The number of hydrogen-bond donors (Lipinski definition) is 3. The molecule has 5 heteroatoms. The first kappa shape index (κ1) is 12.4. The van der Waals surface area contributed by atoms with E-state index in [1.165, 1.54) is 0 Å². The Morgan fingerprint density at radius 2 is 2.12 bits per heavy atom. The summed E-state index contributed by atoms with van der Waals surface area (Å²) in [5.74, 6) is 0.405. The highest BCUT2D eigenvalue weighted by Crippen LogP contribution is 2.14. The highest BCUT2D eigenvalue weighted by atomic mass is 16.2. The lowest BCUT2D eigenvalue weighted by Crippen LogP contribution is -2.50. The molecule has 3 N–H and O–H groups in total. The minimum absolute atomic E-state index is 0.0146. The summed E-state index contributed by atoms with van der Waals surface area (Å²) in [7, 11) is 0. The van der Waals surface area contributed by atoms with Crippen molar-refractivity contribution in [1.82, 2.24) is 16.0 Å². The standard InChI is InChI=1S/C12H21N3O2/c16-11(7-9-3-1-5-13-8-9)15-10-4-2-6-14-12(10)17/h9-10,13H,1-8H2,(H,14,17)(H,15,16).